The fourth-order valence-electron chi connectivity index (χ4n) is 3.93. The number of benzene rings is 1. The van der Waals surface area contributed by atoms with Crippen molar-refractivity contribution in [3.8, 4) is 11.3 Å². The van der Waals surface area contributed by atoms with E-state index in [1.807, 2.05) is 24.0 Å². The van der Waals surface area contributed by atoms with Crippen molar-refractivity contribution < 1.29 is 14.0 Å². The van der Waals surface area contributed by atoms with Gasteiger partial charge < -0.3 is 9.32 Å². The summed E-state index contributed by atoms with van der Waals surface area (Å²) in [6.45, 7) is 4.10. The van der Waals surface area contributed by atoms with Crippen LogP contribution in [0.1, 0.15) is 40.8 Å². The van der Waals surface area contributed by atoms with E-state index in [1.54, 1.807) is 12.1 Å². The van der Waals surface area contributed by atoms with Gasteiger partial charge in [0.2, 0.25) is 5.91 Å². The maximum Gasteiger partial charge on any atom is 0.293 e. The number of aromatic nitrogens is 1. The van der Waals surface area contributed by atoms with E-state index in [9.17, 15) is 9.59 Å². The average Bonchev–Trinajstić information content (AvgIpc) is 3.11. The highest BCUT2D eigenvalue weighted by Gasteiger charge is 2.39. The molecule has 3 aromatic rings. The zero-order chi connectivity index (χ0) is 20.1. The molecule has 6 nitrogen and oxygen atoms in total. The molecule has 0 saturated heterocycles. The van der Waals surface area contributed by atoms with Crippen molar-refractivity contribution in [3.63, 3.8) is 0 Å². The van der Waals surface area contributed by atoms with Gasteiger partial charge in [-0.2, -0.15) is 0 Å². The van der Waals surface area contributed by atoms with E-state index >= 15 is 0 Å². The van der Waals surface area contributed by atoms with Crippen LogP contribution < -0.4 is 10.2 Å². The normalized spacial score (nSPS) is 18.0. The smallest absolute Gasteiger partial charge is 0.293 e. The van der Waals surface area contributed by atoms with Crippen molar-refractivity contribution in [1.29, 1.82) is 0 Å². The van der Waals surface area contributed by atoms with Gasteiger partial charge in [-0.3, -0.25) is 14.9 Å². The van der Waals surface area contributed by atoms with Crippen LogP contribution in [0.5, 0.6) is 0 Å². The van der Waals surface area contributed by atoms with Crippen LogP contribution in [-0.2, 0) is 11.2 Å². The maximum absolute atomic E-state index is 12.7. The molecule has 148 valence electrons. The molecule has 2 amide bonds. The van der Waals surface area contributed by atoms with Crippen molar-refractivity contribution in [3.05, 3.63) is 52.8 Å². The van der Waals surface area contributed by atoms with Crippen LogP contribution in [0, 0.1) is 12.8 Å². The fraction of sp³-hybridized carbons (Fsp3) is 0.318. The van der Waals surface area contributed by atoms with E-state index in [0.717, 1.165) is 41.1 Å². The number of thiazole rings is 1. The van der Waals surface area contributed by atoms with Crippen molar-refractivity contribution in [2.75, 3.05) is 10.2 Å². The fourth-order valence-corrected chi connectivity index (χ4v) is 4.76. The third kappa shape index (κ3) is 3.25. The Morgan fingerprint density at radius 3 is 2.83 bits per heavy atom. The number of rotatable bonds is 4. The number of nitrogens with zero attached hydrogens (tertiary/aromatic N) is 2. The molecule has 1 atom stereocenters. The molecular formula is C22H21N3O3S. The summed E-state index contributed by atoms with van der Waals surface area (Å²) in [6, 6.07) is 9.67. The van der Waals surface area contributed by atoms with Gasteiger partial charge in [0.25, 0.3) is 5.91 Å². The minimum Gasteiger partial charge on any atom is -0.459 e. The van der Waals surface area contributed by atoms with Crippen LogP contribution in [0.2, 0.25) is 0 Å². The Morgan fingerprint density at radius 2 is 2.10 bits per heavy atom. The van der Waals surface area contributed by atoms with E-state index in [1.165, 1.54) is 23.2 Å². The van der Waals surface area contributed by atoms with E-state index in [-0.39, 0.29) is 29.5 Å². The second-order valence-electron chi connectivity index (χ2n) is 7.73. The van der Waals surface area contributed by atoms with Gasteiger partial charge in [-0.25, -0.2) is 4.98 Å². The predicted molar refractivity (Wildman–Crippen MR) is 112 cm³/mol. The topological polar surface area (TPSA) is 75.4 Å². The lowest BCUT2D eigenvalue weighted by Gasteiger charge is -2.22. The minimum absolute atomic E-state index is 0.188. The molecule has 0 spiro atoms. The summed E-state index contributed by atoms with van der Waals surface area (Å²) in [5, 5.41) is 3.34. The first-order chi connectivity index (χ1) is 14.0. The van der Waals surface area contributed by atoms with Crippen LogP contribution in [-0.4, -0.2) is 22.8 Å². The molecule has 1 saturated carbocycles. The number of carbonyl (C=O) groups is 2. The first kappa shape index (κ1) is 18.1. The molecule has 1 N–H and O–H groups in total. The quantitative estimate of drug-likeness (QED) is 0.683. The lowest BCUT2D eigenvalue weighted by atomic mass is 10.0. The van der Waals surface area contributed by atoms with Crippen molar-refractivity contribution in [2.45, 2.75) is 39.2 Å². The highest BCUT2D eigenvalue weighted by atomic mass is 32.1. The third-order valence-corrected chi connectivity index (χ3v) is 6.38. The van der Waals surface area contributed by atoms with E-state index < -0.39 is 0 Å². The second kappa shape index (κ2) is 6.84. The van der Waals surface area contributed by atoms with Crippen molar-refractivity contribution >= 4 is 34.0 Å². The summed E-state index contributed by atoms with van der Waals surface area (Å²) in [5.74, 6) is 0.416. The molecule has 1 aromatic carbocycles. The van der Waals surface area contributed by atoms with Gasteiger partial charge in [0.15, 0.2) is 10.9 Å². The molecule has 2 aromatic heterocycles. The minimum atomic E-state index is -0.313. The Morgan fingerprint density at radius 1 is 1.28 bits per heavy atom. The molecular weight excluding hydrogens is 386 g/mol. The number of fused-ring (bicyclic) bond motifs is 1. The molecule has 1 aliphatic heterocycles. The number of amides is 2. The zero-order valence-electron chi connectivity index (χ0n) is 16.3. The van der Waals surface area contributed by atoms with Crippen LogP contribution >= 0.6 is 11.3 Å². The summed E-state index contributed by atoms with van der Waals surface area (Å²) in [7, 11) is 0. The third-order valence-electron chi connectivity index (χ3n) is 5.49. The molecule has 3 heterocycles. The summed E-state index contributed by atoms with van der Waals surface area (Å²) >= 11 is 1.44. The molecule has 0 radical (unpaired) electrons. The molecule has 29 heavy (non-hydrogen) atoms. The van der Waals surface area contributed by atoms with E-state index in [0.29, 0.717) is 5.13 Å². The van der Waals surface area contributed by atoms with Crippen LogP contribution in [0.3, 0.4) is 0 Å². The standard InChI is InChI=1S/C22H21N3O3S/c1-12-10-16-11-15(7-8-17(16)25(12)21(27)14-5-6-14)19-13(2)29-22(23-19)24-20(26)18-4-3-9-28-18/h3-4,7-9,11-12,14H,5-6,10H2,1-2H3,(H,23,24,26)/t12-/m0/s1. The van der Waals surface area contributed by atoms with Gasteiger partial charge in [0.1, 0.15) is 0 Å². The number of aryl methyl sites for hydroxylation is 1. The average molecular weight is 407 g/mol. The maximum atomic E-state index is 12.7. The molecule has 1 aliphatic carbocycles. The van der Waals surface area contributed by atoms with Crippen molar-refractivity contribution in [1.82, 2.24) is 4.98 Å². The monoisotopic (exact) mass is 407 g/mol. The van der Waals surface area contributed by atoms with Crippen LogP contribution in [0.4, 0.5) is 10.8 Å². The number of hydrogen-bond acceptors (Lipinski definition) is 5. The van der Waals surface area contributed by atoms with Gasteiger partial charge in [-0.1, -0.05) is 6.07 Å². The summed E-state index contributed by atoms with van der Waals surface area (Å²) in [6.07, 6.45) is 4.35. The van der Waals surface area contributed by atoms with E-state index in [2.05, 4.69) is 23.3 Å². The number of nitrogens with one attached hydrogen (secondary N) is 1. The van der Waals surface area contributed by atoms with Crippen molar-refractivity contribution in [2.24, 2.45) is 5.92 Å². The molecule has 2 aliphatic rings. The summed E-state index contributed by atoms with van der Waals surface area (Å²) in [4.78, 5) is 32.5. The Bertz CT molecular complexity index is 1100. The highest BCUT2D eigenvalue weighted by Crippen LogP contribution is 2.41. The lowest BCUT2D eigenvalue weighted by Crippen LogP contribution is -2.36. The second-order valence-corrected chi connectivity index (χ2v) is 8.94. The number of furan rings is 1. The van der Waals surface area contributed by atoms with E-state index in [4.69, 9.17) is 4.42 Å². The highest BCUT2D eigenvalue weighted by molar-refractivity contribution is 7.16. The molecule has 5 rings (SSSR count). The number of carbonyl (C=O) groups excluding carboxylic acids is 2. The molecule has 0 unspecified atom stereocenters. The summed E-state index contributed by atoms with van der Waals surface area (Å²) < 4.78 is 5.13. The number of hydrogen-bond donors (Lipinski definition) is 1. The lowest BCUT2D eigenvalue weighted by molar-refractivity contribution is -0.120. The Kier molecular flexibility index (Phi) is 4.28. The first-order valence-corrected chi connectivity index (χ1v) is 10.6. The molecule has 7 heteroatoms. The largest absolute Gasteiger partial charge is 0.459 e. The predicted octanol–water partition coefficient (Wildman–Crippen LogP) is 4.65. The van der Waals surface area contributed by atoms with Crippen LogP contribution in [0.15, 0.2) is 41.0 Å². The number of anilines is 2. The van der Waals surface area contributed by atoms with Gasteiger partial charge in [0, 0.05) is 28.1 Å². The van der Waals surface area contributed by atoms with Gasteiger partial charge >= 0.3 is 0 Å². The zero-order valence-corrected chi connectivity index (χ0v) is 17.1. The Balaban J connectivity index is 1.41. The molecule has 0 bridgehead atoms. The van der Waals surface area contributed by atoms with Gasteiger partial charge in [-0.15, -0.1) is 11.3 Å². The Hall–Kier alpha value is -2.93. The molecule has 1 fully saturated rings. The SMILES string of the molecule is Cc1sc(NC(=O)c2ccco2)nc1-c1ccc2c(c1)C[C@H](C)N2C(=O)C1CC1. The Labute approximate surface area is 172 Å². The van der Waals surface area contributed by atoms with Crippen LogP contribution in [0.25, 0.3) is 11.3 Å². The van der Waals surface area contributed by atoms with Gasteiger partial charge in [0.05, 0.1) is 12.0 Å². The first-order valence-electron chi connectivity index (χ1n) is 9.80. The van der Waals surface area contributed by atoms with Gasteiger partial charge in [-0.05, 0) is 62.9 Å². The summed E-state index contributed by atoms with van der Waals surface area (Å²) in [5.41, 5.74) is 4.06.